The van der Waals surface area contributed by atoms with E-state index in [-0.39, 0.29) is 0 Å². The van der Waals surface area contributed by atoms with E-state index < -0.39 is 5.41 Å². The Morgan fingerprint density at radius 1 is 0.368 bits per heavy atom. The van der Waals surface area contributed by atoms with Crippen LogP contribution in [0.1, 0.15) is 22.3 Å². The summed E-state index contributed by atoms with van der Waals surface area (Å²) in [4.78, 5) is 13.1. The lowest BCUT2D eigenvalue weighted by atomic mass is 9.67. The van der Waals surface area contributed by atoms with Crippen molar-refractivity contribution in [2.24, 2.45) is 0 Å². The molecule has 2 aliphatic rings. The van der Waals surface area contributed by atoms with Crippen molar-refractivity contribution < 1.29 is 0 Å². The third-order valence-electron chi connectivity index (χ3n) is 11.8. The summed E-state index contributed by atoms with van der Waals surface area (Å²) in [5, 5.41) is 2.50. The Kier molecular flexibility index (Phi) is 7.28. The number of benzene rings is 8. The predicted molar refractivity (Wildman–Crippen MR) is 238 cm³/mol. The third-order valence-corrected chi connectivity index (χ3v) is 14.0. The Morgan fingerprint density at radius 3 is 1.68 bits per heavy atom. The molecular weight excluding hydrogens is 729 g/mol. The monoisotopic (exact) mass is 760 g/mol. The van der Waals surface area contributed by atoms with Crippen LogP contribution in [-0.4, -0.2) is 9.97 Å². The van der Waals surface area contributed by atoms with Crippen molar-refractivity contribution in [3.8, 4) is 56.2 Å². The van der Waals surface area contributed by atoms with Gasteiger partial charge >= 0.3 is 0 Å². The number of thiophene rings is 1. The maximum atomic E-state index is 5.31. The van der Waals surface area contributed by atoms with Gasteiger partial charge in [0.25, 0.3) is 0 Å². The zero-order chi connectivity index (χ0) is 37.5. The molecule has 0 unspecified atom stereocenters. The summed E-state index contributed by atoms with van der Waals surface area (Å²) >= 11 is 3.78. The number of fused-ring (bicyclic) bond motifs is 12. The zero-order valence-corrected chi connectivity index (χ0v) is 32.3. The molecule has 10 aromatic rings. The fourth-order valence-corrected chi connectivity index (χ4v) is 11.7. The minimum Gasteiger partial charge on any atom is -0.228 e. The molecule has 4 heteroatoms. The number of hydrogen-bond acceptors (Lipinski definition) is 4. The van der Waals surface area contributed by atoms with Gasteiger partial charge in [0.15, 0.2) is 5.82 Å². The summed E-state index contributed by atoms with van der Waals surface area (Å²) in [5.74, 6) is 0.719. The molecular formula is C53H32N2S2. The molecule has 1 spiro atoms. The van der Waals surface area contributed by atoms with E-state index in [1.165, 1.54) is 74.5 Å². The topological polar surface area (TPSA) is 25.8 Å². The number of nitrogens with zero attached hydrogens (tertiary/aromatic N) is 2. The van der Waals surface area contributed by atoms with E-state index in [1.54, 1.807) is 0 Å². The van der Waals surface area contributed by atoms with E-state index in [1.807, 2.05) is 29.2 Å². The summed E-state index contributed by atoms with van der Waals surface area (Å²) in [6, 6.07) is 70.6. The van der Waals surface area contributed by atoms with Crippen molar-refractivity contribution in [1.82, 2.24) is 9.97 Å². The molecule has 0 amide bonds. The maximum Gasteiger partial charge on any atom is 0.160 e. The largest absolute Gasteiger partial charge is 0.228 e. The van der Waals surface area contributed by atoms with Crippen molar-refractivity contribution in [2.45, 2.75) is 15.2 Å². The lowest BCUT2D eigenvalue weighted by Gasteiger charge is -2.39. The van der Waals surface area contributed by atoms with Crippen LogP contribution in [0.5, 0.6) is 0 Å². The SMILES string of the molecule is c1ccc(-c2ccc(-c3cc(-c4cccc5sc6cc7c(cc6c45)Sc4ccccc4C74c5ccccc5-c5ccccc54)nc(-c4ccccc4)n3)cc2)cc1. The molecule has 0 radical (unpaired) electrons. The molecule has 0 bridgehead atoms. The molecule has 2 nitrogen and oxygen atoms in total. The van der Waals surface area contributed by atoms with Crippen molar-refractivity contribution in [2.75, 3.05) is 0 Å². The molecule has 1 aliphatic heterocycles. The first-order chi connectivity index (χ1) is 28.2. The molecule has 3 heterocycles. The Labute approximate surface area is 339 Å². The highest BCUT2D eigenvalue weighted by Gasteiger charge is 2.50. The van der Waals surface area contributed by atoms with E-state index in [9.17, 15) is 0 Å². The molecule has 0 atom stereocenters. The van der Waals surface area contributed by atoms with Gasteiger partial charge in [0.2, 0.25) is 0 Å². The van der Waals surface area contributed by atoms with Gasteiger partial charge in [0.1, 0.15) is 0 Å². The van der Waals surface area contributed by atoms with Crippen LogP contribution in [0.4, 0.5) is 0 Å². The lowest BCUT2D eigenvalue weighted by molar-refractivity contribution is 0.724. The lowest BCUT2D eigenvalue weighted by Crippen LogP contribution is -2.31. The van der Waals surface area contributed by atoms with E-state index >= 15 is 0 Å². The molecule has 266 valence electrons. The van der Waals surface area contributed by atoms with Crippen molar-refractivity contribution in [3.05, 3.63) is 216 Å². The van der Waals surface area contributed by atoms with Crippen molar-refractivity contribution >= 4 is 43.3 Å². The quantitative estimate of drug-likeness (QED) is 0.179. The van der Waals surface area contributed by atoms with Gasteiger partial charge in [0, 0.05) is 46.7 Å². The summed E-state index contributed by atoms with van der Waals surface area (Å²) in [5.41, 5.74) is 15.1. The van der Waals surface area contributed by atoms with Crippen LogP contribution in [0.3, 0.4) is 0 Å². The fourth-order valence-electron chi connectivity index (χ4n) is 9.30. The van der Waals surface area contributed by atoms with Crippen molar-refractivity contribution in [1.29, 1.82) is 0 Å². The summed E-state index contributed by atoms with van der Waals surface area (Å²) in [7, 11) is 0. The van der Waals surface area contributed by atoms with Gasteiger partial charge in [-0.05, 0) is 74.8 Å². The smallest absolute Gasteiger partial charge is 0.160 e. The molecule has 0 saturated heterocycles. The van der Waals surface area contributed by atoms with Crippen LogP contribution >= 0.6 is 23.1 Å². The molecule has 0 N–H and O–H groups in total. The Balaban J connectivity index is 1.08. The average Bonchev–Trinajstić information content (AvgIpc) is 3.80. The summed E-state index contributed by atoms with van der Waals surface area (Å²) in [6.45, 7) is 0. The summed E-state index contributed by atoms with van der Waals surface area (Å²) in [6.07, 6.45) is 0. The molecule has 57 heavy (non-hydrogen) atoms. The second-order valence-corrected chi connectivity index (χ2v) is 17.0. The Bertz CT molecular complexity index is 3160. The van der Waals surface area contributed by atoms with Crippen LogP contribution in [-0.2, 0) is 5.41 Å². The molecule has 0 saturated carbocycles. The first-order valence-corrected chi connectivity index (χ1v) is 20.9. The molecule has 8 aromatic carbocycles. The zero-order valence-electron chi connectivity index (χ0n) is 30.7. The Hall–Kier alpha value is -6.59. The van der Waals surface area contributed by atoms with Gasteiger partial charge in [-0.3, -0.25) is 0 Å². The highest BCUT2D eigenvalue weighted by Crippen LogP contribution is 2.63. The maximum absolute atomic E-state index is 5.31. The minimum absolute atomic E-state index is 0.403. The highest BCUT2D eigenvalue weighted by atomic mass is 32.2. The molecule has 0 fully saturated rings. The van der Waals surface area contributed by atoms with Crippen molar-refractivity contribution in [3.63, 3.8) is 0 Å². The van der Waals surface area contributed by atoms with E-state index in [0.717, 1.165) is 33.9 Å². The van der Waals surface area contributed by atoms with Gasteiger partial charge in [0.05, 0.1) is 16.8 Å². The van der Waals surface area contributed by atoms with E-state index in [4.69, 9.17) is 9.97 Å². The van der Waals surface area contributed by atoms with Gasteiger partial charge in [-0.1, -0.05) is 176 Å². The van der Waals surface area contributed by atoms with Gasteiger partial charge in [-0.15, -0.1) is 11.3 Å². The average molecular weight is 761 g/mol. The van der Waals surface area contributed by atoms with Crippen LogP contribution in [0.25, 0.3) is 76.3 Å². The van der Waals surface area contributed by atoms with Crippen LogP contribution in [0.2, 0.25) is 0 Å². The normalized spacial score (nSPS) is 13.3. The predicted octanol–water partition coefficient (Wildman–Crippen LogP) is 14.3. The summed E-state index contributed by atoms with van der Waals surface area (Å²) < 4.78 is 2.54. The molecule has 12 rings (SSSR count). The van der Waals surface area contributed by atoms with Crippen LogP contribution in [0.15, 0.2) is 204 Å². The standard InChI is InChI=1S/C53H32N2S2/c1-3-14-33(15-4-1)34-26-28-35(29-27-34)45-32-46(55-52(54-45)36-16-5-2-6-17-36)39-20-13-25-48-51(39)40-30-50-44(31-49(40)57-48)53(43-23-11-12-24-47(43)56-50)41-21-9-7-18-37(41)38-19-8-10-22-42(38)53/h1-32H. The third kappa shape index (κ3) is 4.91. The second kappa shape index (κ2) is 12.7. The van der Waals surface area contributed by atoms with E-state index in [0.29, 0.717) is 0 Å². The minimum atomic E-state index is -0.403. The van der Waals surface area contributed by atoms with Crippen LogP contribution in [0, 0.1) is 0 Å². The fraction of sp³-hybridized carbons (Fsp3) is 0.0189. The Morgan fingerprint density at radius 2 is 0.947 bits per heavy atom. The number of rotatable bonds is 4. The highest BCUT2D eigenvalue weighted by molar-refractivity contribution is 7.99. The van der Waals surface area contributed by atoms with Crippen LogP contribution < -0.4 is 0 Å². The van der Waals surface area contributed by atoms with Gasteiger partial charge in [-0.25, -0.2) is 9.97 Å². The number of aromatic nitrogens is 2. The van der Waals surface area contributed by atoms with Gasteiger partial charge < -0.3 is 0 Å². The van der Waals surface area contributed by atoms with E-state index in [2.05, 4.69) is 188 Å². The first-order valence-electron chi connectivity index (χ1n) is 19.3. The number of hydrogen-bond donors (Lipinski definition) is 0. The first kappa shape index (κ1) is 32.6. The molecule has 2 aromatic heterocycles. The molecule has 1 aliphatic carbocycles. The second-order valence-electron chi connectivity index (χ2n) is 14.8. The van der Waals surface area contributed by atoms with Gasteiger partial charge in [-0.2, -0.15) is 0 Å².